The first-order valence-corrected chi connectivity index (χ1v) is 10.3. The fourth-order valence-corrected chi connectivity index (χ4v) is 2.38. The summed E-state index contributed by atoms with van der Waals surface area (Å²) in [7, 11) is 1.56. The zero-order valence-corrected chi connectivity index (χ0v) is 19.0. The van der Waals surface area contributed by atoms with Gasteiger partial charge in [-0.15, -0.1) is 0 Å². The van der Waals surface area contributed by atoms with Crippen molar-refractivity contribution < 1.29 is 24.2 Å². The third-order valence-electron chi connectivity index (χ3n) is 4.11. The van der Waals surface area contributed by atoms with Crippen molar-refractivity contribution in [3.63, 3.8) is 0 Å². The van der Waals surface area contributed by atoms with Gasteiger partial charge in [0.15, 0.2) is 0 Å². The van der Waals surface area contributed by atoms with Gasteiger partial charge in [0.1, 0.15) is 5.75 Å². The van der Waals surface area contributed by atoms with E-state index in [0.29, 0.717) is 11.4 Å². The van der Waals surface area contributed by atoms with Gasteiger partial charge in [0.25, 0.3) is 0 Å². The molecule has 7 heteroatoms. The summed E-state index contributed by atoms with van der Waals surface area (Å²) in [4.78, 5) is 33.6. The molecule has 1 aromatic rings. The fourth-order valence-electron chi connectivity index (χ4n) is 2.38. The molecule has 1 unspecified atom stereocenters. The highest BCUT2D eigenvalue weighted by Gasteiger charge is 2.10. The number of hydrogen-bond acceptors (Lipinski definition) is 4. The van der Waals surface area contributed by atoms with E-state index in [9.17, 15) is 14.4 Å². The molecule has 1 rings (SSSR count). The fraction of sp³-hybridized carbons (Fsp3) is 0.192. The summed E-state index contributed by atoms with van der Waals surface area (Å²) in [6.07, 6.45) is 21.2. The highest BCUT2D eigenvalue weighted by molar-refractivity contribution is 5.93. The maximum absolute atomic E-state index is 11.5. The van der Waals surface area contributed by atoms with Crippen LogP contribution in [0.5, 0.6) is 5.75 Å². The summed E-state index contributed by atoms with van der Waals surface area (Å²) in [5.74, 6) is -1.49. The van der Waals surface area contributed by atoms with Crippen molar-refractivity contribution in [3.05, 3.63) is 90.6 Å². The Morgan fingerprint density at radius 1 is 0.970 bits per heavy atom. The molecular formula is C26H30N2O5. The number of aliphatic carboxylic acids is 1. The Kier molecular flexibility index (Phi) is 12.8. The SMILES string of the molecule is COc1cccc(/C=C/C=C/C=C/C=C/C=C/C=C/C(=O)NCC(C)C(=O)O)c1NC(C)=O. The average molecular weight is 451 g/mol. The maximum Gasteiger partial charge on any atom is 0.308 e. The lowest BCUT2D eigenvalue weighted by molar-refractivity contribution is -0.141. The van der Waals surface area contributed by atoms with E-state index < -0.39 is 11.9 Å². The van der Waals surface area contributed by atoms with E-state index in [0.717, 1.165) is 5.56 Å². The monoisotopic (exact) mass is 450 g/mol. The number of carboxylic acids is 1. The molecule has 0 spiro atoms. The van der Waals surface area contributed by atoms with E-state index in [1.165, 1.54) is 19.9 Å². The minimum Gasteiger partial charge on any atom is -0.495 e. The zero-order chi connectivity index (χ0) is 24.5. The molecular weight excluding hydrogens is 420 g/mol. The second kappa shape index (κ2) is 15.6. The van der Waals surface area contributed by atoms with Gasteiger partial charge >= 0.3 is 5.97 Å². The van der Waals surface area contributed by atoms with E-state index >= 15 is 0 Å². The van der Waals surface area contributed by atoms with Gasteiger partial charge in [0.05, 0.1) is 18.7 Å². The molecule has 1 atom stereocenters. The van der Waals surface area contributed by atoms with Crippen LogP contribution in [0.15, 0.2) is 85.0 Å². The lowest BCUT2D eigenvalue weighted by Crippen LogP contribution is -2.30. The van der Waals surface area contributed by atoms with Gasteiger partial charge in [-0.3, -0.25) is 14.4 Å². The Hall–Kier alpha value is -4.13. The number of hydrogen-bond donors (Lipinski definition) is 3. The number of carbonyl (C=O) groups excluding carboxylic acids is 2. The van der Waals surface area contributed by atoms with Crippen molar-refractivity contribution in [1.29, 1.82) is 0 Å². The molecule has 0 aromatic heterocycles. The van der Waals surface area contributed by atoms with Gasteiger partial charge in [-0.1, -0.05) is 85.9 Å². The zero-order valence-electron chi connectivity index (χ0n) is 19.0. The second-order valence-corrected chi connectivity index (χ2v) is 6.85. The molecule has 7 nitrogen and oxygen atoms in total. The molecule has 0 bridgehead atoms. The number of rotatable bonds is 12. The highest BCUT2D eigenvalue weighted by atomic mass is 16.5. The second-order valence-electron chi connectivity index (χ2n) is 6.85. The Morgan fingerprint density at radius 3 is 2.09 bits per heavy atom. The number of para-hydroxylation sites is 1. The van der Waals surface area contributed by atoms with Crippen LogP contribution in [0, 0.1) is 5.92 Å². The minimum absolute atomic E-state index is 0.0889. The molecule has 0 saturated carbocycles. The first-order chi connectivity index (χ1) is 15.8. The van der Waals surface area contributed by atoms with Gasteiger partial charge in [0.2, 0.25) is 11.8 Å². The van der Waals surface area contributed by atoms with Gasteiger partial charge < -0.3 is 20.5 Å². The average Bonchev–Trinajstić information content (AvgIpc) is 2.78. The predicted octanol–water partition coefficient (Wildman–Crippen LogP) is 4.28. The Bertz CT molecular complexity index is 984. The molecule has 0 fully saturated rings. The number of benzene rings is 1. The quantitative estimate of drug-likeness (QED) is 0.326. The van der Waals surface area contributed by atoms with E-state index in [1.807, 2.05) is 60.7 Å². The molecule has 0 aliphatic heterocycles. The number of ether oxygens (including phenoxy) is 1. The topological polar surface area (TPSA) is 105 Å². The van der Waals surface area contributed by atoms with Crippen LogP contribution in [0.25, 0.3) is 6.08 Å². The van der Waals surface area contributed by atoms with Crippen LogP contribution in [-0.4, -0.2) is 36.5 Å². The molecule has 2 amide bonds. The number of carbonyl (C=O) groups is 3. The Morgan fingerprint density at radius 2 is 1.55 bits per heavy atom. The van der Waals surface area contributed by atoms with Crippen molar-refractivity contribution in [1.82, 2.24) is 5.32 Å². The van der Waals surface area contributed by atoms with Crippen molar-refractivity contribution >= 4 is 29.5 Å². The molecule has 33 heavy (non-hydrogen) atoms. The van der Waals surface area contributed by atoms with Gasteiger partial charge in [-0.2, -0.15) is 0 Å². The van der Waals surface area contributed by atoms with Gasteiger partial charge in [0, 0.05) is 25.1 Å². The number of carboxylic acid groups (broad SMARTS) is 1. The summed E-state index contributed by atoms with van der Waals surface area (Å²) in [5.41, 5.74) is 1.46. The summed E-state index contributed by atoms with van der Waals surface area (Å²) >= 11 is 0. The smallest absolute Gasteiger partial charge is 0.308 e. The molecule has 0 heterocycles. The summed E-state index contributed by atoms with van der Waals surface area (Å²) in [6, 6.07) is 5.53. The molecule has 0 aliphatic carbocycles. The molecule has 3 N–H and O–H groups in total. The highest BCUT2D eigenvalue weighted by Crippen LogP contribution is 2.29. The lowest BCUT2D eigenvalue weighted by Gasteiger charge is -2.11. The van der Waals surface area contributed by atoms with Crippen LogP contribution in [-0.2, 0) is 14.4 Å². The minimum atomic E-state index is -0.948. The van der Waals surface area contributed by atoms with E-state index in [-0.39, 0.29) is 18.4 Å². The van der Waals surface area contributed by atoms with E-state index in [2.05, 4.69) is 10.6 Å². The van der Waals surface area contributed by atoms with Gasteiger partial charge in [-0.05, 0) is 6.07 Å². The number of anilines is 1. The predicted molar refractivity (Wildman–Crippen MR) is 132 cm³/mol. The van der Waals surface area contributed by atoms with E-state index in [4.69, 9.17) is 9.84 Å². The van der Waals surface area contributed by atoms with Crippen LogP contribution in [0.3, 0.4) is 0 Å². The third-order valence-corrected chi connectivity index (χ3v) is 4.11. The number of amides is 2. The molecule has 0 radical (unpaired) electrons. The van der Waals surface area contributed by atoms with Crippen LogP contribution < -0.4 is 15.4 Å². The molecule has 1 aromatic carbocycles. The van der Waals surface area contributed by atoms with Crippen molar-refractivity contribution in [3.8, 4) is 5.75 Å². The van der Waals surface area contributed by atoms with Crippen molar-refractivity contribution in [2.24, 2.45) is 5.92 Å². The third kappa shape index (κ3) is 11.7. The Balaban J connectivity index is 2.46. The van der Waals surface area contributed by atoms with Crippen molar-refractivity contribution in [2.45, 2.75) is 13.8 Å². The van der Waals surface area contributed by atoms with Crippen LogP contribution in [0.1, 0.15) is 19.4 Å². The maximum atomic E-state index is 11.5. The normalized spacial score (nSPS) is 13.1. The molecule has 0 aliphatic rings. The van der Waals surface area contributed by atoms with E-state index in [1.54, 1.807) is 31.4 Å². The molecule has 0 saturated heterocycles. The first kappa shape index (κ1) is 26.9. The Labute approximate surface area is 194 Å². The summed E-state index contributed by atoms with van der Waals surface area (Å²) < 4.78 is 5.30. The first-order valence-electron chi connectivity index (χ1n) is 10.3. The van der Waals surface area contributed by atoms with Crippen LogP contribution >= 0.6 is 0 Å². The lowest BCUT2D eigenvalue weighted by atomic mass is 10.1. The summed E-state index contributed by atoms with van der Waals surface area (Å²) in [6.45, 7) is 3.07. The number of allylic oxidation sites excluding steroid dienone is 10. The number of nitrogens with one attached hydrogen (secondary N) is 2. The number of methoxy groups -OCH3 is 1. The summed E-state index contributed by atoms with van der Waals surface area (Å²) in [5, 5.41) is 14.1. The van der Waals surface area contributed by atoms with Crippen molar-refractivity contribution in [2.75, 3.05) is 19.0 Å². The standard InChI is InChI=1S/C26H30N2O5/c1-20(26(31)32)19-27-24(30)18-13-11-9-7-5-4-6-8-10-12-15-22-16-14-17-23(33-3)25(22)28-21(2)29/h4-18,20H,19H2,1-3H3,(H,27,30)(H,28,29)(H,31,32)/b6-4+,7-5+,10-8+,11-9+,15-12+,18-13+. The molecule has 174 valence electrons. The largest absolute Gasteiger partial charge is 0.495 e. The van der Waals surface area contributed by atoms with Gasteiger partial charge in [-0.25, -0.2) is 0 Å². The van der Waals surface area contributed by atoms with Crippen LogP contribution in [0.4, 0.5) is 5.69 Å². The van der Waals surface area contributed by atoms with Crippen LogP contribution in [0.2, 0.25) is 0 Å².